The number of carbonyl (C=O) groups excluding carboxylic acids is 1. The quantitative estimate of drug-likeness (QED) is 0.826. The first-order valence-electron chi connectivity index (χ1n) is 9.01. The van der Waals surface area contributed by atoms with Gasteiger partial charge >= 0.3 is 5.97 Å². The van der Waals surface area contributed by atoms with E-state index in [0.717, 1.165) is 25.7 Å². The summed E-state index contributed by atoms with van der Waals surface area (Å²) in [6.45, 7) is 1.01. The lowest BCUT2D eigenvalue weighted by Gasteiger charge is -2.28. The molecule has 6 heteroatoms. The van der Waals surface area contributed by atoms with E-state index in [1.807, 2.05) is 6.07 Å². The van der Waals surface area contributed by atoms with E-state index in [4.69, 9.17) is 9.47 Å². The molecule has 0 radical (unpaired) electrons. The molecule has 1 amide bonds. The fourth-order valence-corrected chi connectivity index (χ4v) is 3.54. The molecule has 136 valence electrons. The van der Waals surface area contributed by atoms with Crippen LogP contribution in [0.2, 0.25) is 0 Å². The van der Waals surface area contributed by atoms with Crippen molar-refractivity contribution in [3.8, 4) is 5.75 Å². The molecule has 1 aromatic rings. The molecule has 0 bridgehead atoms. The summed E-state index contributed by atoms with van der Waals surface area (Å²) in [5.41, 5.74) is 0.415. The number of hydrogen-bond acceptors (Lipinski definition) is 4. The molecule has 2 unspecified atom stereocenters. The first-order valence-corrected chi connectivity index (χ1v) is 9.01. The Morgan fingerprint density at radius 3 is 2.68 bits per heavy atom. The number of carbonyl (C=O) groups is 2. The molecule has 1 aliphatic carbocycles. The van der Waals surface area contributed by atoms with E-state index in [1.165, 1.54) is 12.8 Å². The summed E-state index contributed by atoms with van der Waals surface area (Å²) in [6, 6.07) is 6.02. The molecule has 1 aromatic carbocycles. The zero-order valence-corrected chi connectivity index (χ0v) is 14.3. The molecule has 2 N–H and O–H groups in total. The Bertz CT molecular complexity index is 606. The lowest BCUT2D eigenvalue weighted by molar-refractivity contribution is -0.142. The smallest absolute Gasteiger partial charge is 0.326 e. The normalized spacial score (nSPS) is 22.3. The summed E-state index contributed by atoms with van der Waals surface area (Å²) in [7, 11) is 0. The van der Waals surface area contributed by atoms with E-state index >= 15 is 0 Å². The van der Waals surface area contributed by atoms with Gasteiger partial charge in [0.15, 0.2) is 0 Å². The van der Waals surface area contributed by atoms with Crippen LogP contribution in [0.3, 0.4) is 0 Å². The number of carboxylic acid groups (broad SMARTS) is 1. The van der Waals surface area contributed by atoms with Crippen LogP contribution in [0, 0.1) is 5.92 Å². The van der Waals surface area contributed by atoms with Crippen molar-refractivity contribution >= 4 is 11.9 Å². The molecule has 2 fully saturated rings. The van der Waals surface area contributed by atoms with Gasteiger partial charge in [-0.3, -0.25) is 4.79 Å². The van der Waals surface area contributed by atoms with Crippen molar-refractivity contribution in [3.63, 3.8) is 0 Å². The predicted octanol–water partition coefficient (Wildman–Crippen LogP) is 2.62. The maximum absolute atomic E-state index is 12.5. The standard InChI is InChI=1S/C19H25NO5/c21-18(20-17(19(22)23)14-6-4-10-24-12-14)13-5-3-9-16(11-13)25-15-7-1-2-8-15/h3,5,9,11,14-15,17H,1-2,4,6-8,10,12H2,(H,20,21)(H,22,23). The molecular weight excluding hydrogens is 322 g/mol. The summed E-state index contributed by atoms with van der Waals surface area (Å²) >= 11 is 0. The van der Waals surface area contributed by atoms with Crippen LogP contribution in [0.1, 0.15) is 48.9 Å². The topological polar surface area (TPSA) is 84.9 Å². The van der Waals surface area contributed by atoms with Gasteiger partial charge in [-0.05, 0) is 56.7 Å². The van der Waals surface area contributed by atoms with E-state index < -0.39 is 17.9 Å². The Balaban J connectivity index is 1.65. The number of carboxylic acids is 1. The van der Waals surface area contributed by atoms with E-state index in [-0.39, 0.29) is 12.0 Å². The van der Waals surface area contributed by atoms with Crippen molar-refractivity contribution in [3.05, 3.63) is 29.8 Å². The van der Waals surface area contributed by atoms with Gasteiger partial charge in [-0.25, -0.2) is 4.79 Å². The van der Waals surface area contributed by atoms with Crippen LogP contribution in [0.4, 0.5) is 0 Å². The van der Waals surface area contributed by atoms with Gasteiger partial charge in [0.05, 0.1) is 12.7 Å². The van der Waals surface area contributed by atoms with Crippen molar-refractivity contribution < 1.29 is 24.2 Å². The van der Waals surface area contributed by atoms with Crippen molar-refractivity contribution in [1.82, 2.24) is 5.32 Å². The molecule has 2 atom stereocenters. The Labute approximate surface area is 147 Å². The van der Waals surface area contributed by atoms with E-state index in [1.54, 1.807) is 18.2 Å². The van der Waals surface area contributed by atoms with Crippen molar-refractivity contribution in [1.29, 1.82) is 0 Å². The van der Waals surface area contributed by atoms with Gasteiger partial charge in [0.25, 0.3) is 5.91 Å². The Morgan fingerprint density at radius 1 is 1.20 bits per heavy atom. The second-order valence-electron chi connectivity index (χ2n) is 6.82. The molecule has 3 rings (SSSR count). The lowest BCUT2D eigenvalue weighted by atomic mass is 9.93. The molecule has 2 aliphatic rings. The fraction of sp³-hybridized carbons (Fsp3) is 0.579. The fourth-order valence-electron chi connectivity index (χ4n) is 3.54. The van der Waals surface area contributed by atoms with Gasteiger partial charge in [0.2, 0.25) is 0 Å². The highest BCUT2D eigenvalue weighted by atomic mass is 16.5. The molecule has 1 saturated heterocycles. The zero-order valence-electron chi connectivity index (χ0n) is 14.3. The van der Waals surface area contributed by atoms with E-state index in [9.17, 15) is 14.7 Å². The van der Waals surface area contributed by atoms with Gasteiger partial charge < -0.3 is 19.9 Å². The molecule has 1 aliphatic heterocycles. The highest BCUT2D eigenvalue weighted by Gasteiger charge is 2.31. The van der Waals surface area contributed by atoms with Crippen LogP contribution >= 0.6 is 0 Å². The van der Waals surface area contributed by atoms with Crippen LogP contribution in [0.5, 0.6) is 5.75 Å². The number of hydrogen-bond donors (Lipinski definition) is 2. The summed E-state index contributed by atoms with van der Waals surface area (Å²) in [4.78, 5) is 24.1. The predicted molar refractivity (Wildman–Crippen MR) is 91.8 cm³/mol. The average Bonchev–Trinajstić information content (AvgIpc) is 3.13. The van der Waals surface area contributed by atoms with E-state index in [0.29, 0.717) is 24.5 Å². The van der Waals surface area contributed by atoms with Crippen LogP contribution in [0.15, 0.2) is 24.3 Å². The third-order valence-corrected chi connectivity index (χ3v) is 4.92. The second kappa shape index (κ2) is 8.34. The minimum absolute atomic E-state index is 0.201. The number of rotatable bonds is 6. The van der Waals surface area contributed by atoms with Gasteiger partial charge in [0.1, 0.15) is 11.8 Å². The van der Waals surface area contributed by atoms with Crippen LogP contribution < -0.4 is 10.1 Å². The first kappa shape index (κ1) is 17.7. The number of benzene rings is 1. The molecule has 6 nitrogen and oxygen atoms in total. The third-order valence-electron chi connectivity index (χ3n) is 4.92. The highest BCUT2D eigenvalue weighted by Crippen LogP contribution is 2.25. The van der Waals surface area contributed by atoms with Crippen LogP contribution in [-0.4, -0.2) is 42.3 Å². The van der Waals surface area contributed by atoms with E-state index in [2.05, 4.69) is 5.32 Å². The van der Waals surface area contributed by atoms with Crippen molar-refractivity contribution in [2.75, 3.05) is 13.2 Å². The Hall–Kier alpha value is -2.08. The summed E-state index contributed by atoms with van der Waals surface area (Å²) in [5.74, 6) is -0.961. The largest absolute Gasteiger partial charge is 0.490 e. The minimum Gasteiger partial charge on any atom is -0.490 e. The highest BCUT2D eigenvalue weighted by molar-refractivity contribution is 5.97. The summed E-state index contributed by atoms with van der Waals surface area (Å²) in [6.07, 6.45) is 6.20. The number of amides is 1. The molecule has 1 heterocycles. The summed E-state index contributed by atoms with van der Waals surface area (Å²) in [5, 5.41) is 12.1. The van der Waals surface area contributed by atoms with Crippen LogP contribution in [-0.2, 0) is 9.53 Å². The average molecular weight is 347 g/mol. The SMILES string of the molecule is O=C(NC(C(=O)O)C1CCCOC1)c1cccc(OC2CCCC2)c1. The lowest BCUT2D eigenvalue weighted by Crippen LogP contribution is -2.48. The van der Waals surface area contributed by atoms with Gasteiger partial charge in [-0.2, -0.15) is 0 Å². The summed E-state index contributed by atoms with van der Waals surface area (Å²) < 4.78 is 11.3. The molecule has 25 heavy (non-hydrogen) atoms. The maximum atomic E-state index is 12.5. The van der Waals surface area contributed by atoms with Gasteiger partial charge in [-0.15, -0.1) is 0 Å². The minimum atomic E-state index is -1.03. The van der Waals surface area contributed by atoms with Crippen molar-refractivity contribution in [2.45, 2.75) is 50.7 Å². The first-order chi connectivity index (χ1) is 12.1. The third kappa shape index (κ3) is 4.72. The maximum Gasteiger partial charge on any atom is 0.326 e. The number of nitrogens with one attached hydrogen (secondary N) is 1. The number of ether oxygens (including phenoxy) is 2. The Kier molecular flexibility index (Phi) is 5.91. The van der Waals surface area contributed by atoms with Gasteiger partial charge in [-0.1, -0.05) is 6.07 Å². The zero-order chi connectivity index (χ0) is 17.6. The molecule has 0 spiro atoms. The second-order valence-corrected chi connectivity index (χ2v) is 6.82. The monoisotopic (exact) mass is 347 g/mol. The van der Waals surface area contributed by atoms with Crippen molar-refractivity contribution in [2.24, 2.45) is 5.92 Å². The Morgan fingerprint density at radius 2 is 2.00 bits per heavy atom. The molecular formula is C19H25NO5. The molecule has 1 saturated carbocycles. The molecule has 0 aromatic heterocycles. The number of aliphatic carboxylic acids is 1. The van der Waals surface area contributed by atoms with Gasteiger partial charge in [0, 0.05) is 18.1 Å². The van der Waals surface area contributed by atoms with Crippen LogP contribution in [0.25, 0.3) is 0 Å².